The highest BCUT2D eigenvalue weighted by molar-refractivity contribution is 7.80. The van der Waals surface area contributed by atoms with Gasteiger partial charge in [0.25, 0.3) is 0 Å². The van der Waals surface area contributed by atoms with Gasteiger partial charge in [0.1, 0.15) is 0 Å². The van der Waals surface area contributed by atoms with Crippen molar-refractivity contribution in [2.75, 3.05) is 0 Å². The number of aryl methyl sites for hydroxylation is 1. The molecular formula is C5H6N2O2S. The molecule has 0 bridgehead atoms. The number of hydrogen-bond acceptors (Lipinski definition) is 3. The van der Waals surface area contributed by atoms with Gasteiger partial charge in [0, 0.05) is 7.05 Å². The Balaban J connectivity index is 3.23. The molecular weight excluding hydrogens is 152 g/mol. The predicted molar refractivity (Wildman–Crippen MR) is 37.4 cm³/mol. The van der Waals surface area contributed by atoms with E-state index in [2.05, 4.69) is 17.7 Å². The summed E-state index contributed by atoms with van der Waals surface area (Å²) in [4.78, 5) is 10.8. The van der Waals surface area contributed by atoms with Crippen molar-refractivity contribution in [2.24, 2.45) is 7.05 Å². The maximum Gasteiger partial charge on any atom is 0.355 e. The highest BCUT2D eigenvalue weighted by Gasteiger charge is 2.11. The lowest BCUT2D eigenvalue weighted by atomic mass is 10.4. The van der Waals surface area contributed by atoms with Crippen LogP contribution in [0.3, 0.4) is 0 Å². The van der Waals surface area contributed by atoms with Crippen LogP contribution in [0.5, 0.6) is 0 Å². The molecule has 0 unspecified atom stereocenters. The molecule has 1 heterocycles. The normalized spacial score (nSPS) is 9.80. The van der Waals surface area contributed by atoms with E-state index in [-0.39, 0.29) is 5.69 Å². The van der Waals surface area contributed by atoms with Gasteiger partial charge in [-0.05, 0) is 0 Å². The molecule has 54 valence electrons. The second-order valence-corrected chi connectivity index (χ2v) is 2.29. The Morgan fingerprint density at radius 2 is 2.50 bits per heavy atom. The third kappa shape index (κ3) is 0.995. The van der Waals surface area contributed by atoms with Crippen molar-refractivity contribution >= 4 is 18.6 Å². The van der Waals surface area contributed by atoms with Gasteiger partial charge in [0.15, 0.2) is 5.69 Å². The van der Waals surface area contributed by atoms with Gasteiger partial charge in [-0.15, -0.1) is 12.6 Å². The molecule has 0 fully saturated rings. The monoisotopic (exact) mass is 158 g/mol. The lowest BCUT2D eigenvalue weighted by Gasteiger charge is -1.93. The molecule has 5 heteroatoms. The molecule has 0 aliphatic rings. The molecule has 1 aromatic heterocycles. The van der Waals surface area contributed by atoms with Crippen LogP contribution in [0.4, 0.5) is 0 Å². The van der Waals surface area contributed by atoms with Crippen molar-refractivity contribution in [2.45, 2.75) is 4.90 Å². The Kier molecular flexibility index (Phi) is 1.67. The SMILES string of the molecule is Cn1ncc(S)c1C(=O)O. The maximum atomic E-state index is 10.4. The van der Waals surface area contributed by atoms with Gasteiger partial charge in [0.2, 0.25) is 0 Å². The summed E-state index contributed by atoms with van der Waals surface area (Å²) in [7, 11) is 1.56. The third-order valence-corrected chi connectivity index (χ3v) is 1.45. The van der Waals surface area contributed by atoms with E-state index in [1.807, 2.05) is 0 Å². The first-order valence-corrected chi connectivity index (χ1v) is 3.02. The van der Waals surface area contributed by atoms with E-state index in [4.69, 9.17) is 5.11 Å². The molecule has 0 atom stereocenters. The lowest BCUT2D eigenvalue weighted by Crippen LogP contribution is -2.05. The Hall–Kier alpha value is -0.970. The van der Waals surface area contributed by atoms with E-state index in [1.54, 1.807) is 7.05 Å². The summed E-state index contributed by atoms with van der Waals surface area (Å²) in [5, 5.41) is 12.2. The molecule has 0 amide bonds. The molecule has 0 radical (unpaired) electrons. The summed E-state index contributed by atoms with van der Waals surface area (Å²) in [5.41, 5.74) is 0.114. The zero-order valence-electron chi connectivity index (χ0n) is 5.27. The average Bonchev–Trinajstić information content (AvgIpc) is 2.11. The van der Waals surface area contributed by atoms with E-state index in [9.17, 15) is 4.79 Å². The van der Waals surface area contributed by atoms with Crippen LogP contribution < -0.4 is 0 Å². The third-order valence-electron chi connectivity index (χ3n) is 1.12. The highest BCUT2D eigenvalue weighted by atomic mass is 32.1. The highest BCUT2D eigenvalue weighted by Crippen LogP contribution is 2.10. The van der Waals surface area contributed by atoms with Crippen molar-refractivity contribution in [1.82, 2.24) is 9.78 Å². The molecule has 4 nitrogen and oxygen atoms in total. The number of thiol groups is 1. The Morgan fingerprint density at radius 1 is 1.90 bits per heavy atom. The fourth-order valence-electron chi connectivity index (χ4n) is 0.674. The molecule has 0 aliphatic carbocycles. The van der Waals surface area contributed by atoms with E-state index in [0.29, 0.717) is 4.90 Å². The molecule has 1 N–H and O–H groups in total. The molecule has 0 spiro atoms. The first-order valence-electron chi connectivity index (χ1n) is 2.57. The largest absolute Gasteiger partial charge is 0.476 e. The first-order chi connectivity index (χ1) is 4.63. The van der Waals surface area contributed by atoms with Crippen molar-refractivity contribution in [1.29, 1.82) is 0 Å². The Bertz CT molecular complexity index is 249. The molecule has 1 rings (SSSR count). The number of nitrogens with zero attached hydrogens (tertiary/aromatic N) is 2. The fourth-order valence-corrected chi connectivity index (χ4v) is 0.966. The van der Waals surface area contributed by atoms with Crippen molar-refractivity contribution in [3.63, 3.8) is 0 Å². The molecule has 1 aromatic rings. The van der Waals surface area contributed by atoms with E-state index < -0.39 is 5.97 Å². The van der Waals surface area contributed by atoms with Gasteiger partial charge < -0.3 is 5.11 Å². The van der Waals surface area contributed by atoms with Crippen LogP contribution in [-0.2, 0) is 7.05 Å². The lowest BCUT2D eigenvalue weighted by molar-refractivity contribution is 0.0681. The summed E-state index contributed by atoms with van der Waals surface area (Å²) in [6.07, 6.45) is 1.40. The summed E-state index contributed by atoms with van der Waals surface area (Å²) < 4.78 is 1.27. The number of carboxylic acid groups (broad SMARTS) is 1. The first kappa shape index (κ1) is 7.14. The Labute approximate surface area is 62.9 Å². The predicted octanol–water partition coefficient (Wildman–Crippen LogP) is 0.407. The summed E-state index contributed by atoms with van der Waals surface area (Å²) in [5.74, 6) is -1.01. The number of hydrogen-bond donors (Lipinski definition) is 2. The van der Waals surface area contributed by atoms with Crippen LogP contribution in [0.1, 0.15) is 10.5 Å². The molecule has 10 heavy (non-hydrogen) atoms. The minimum atomic E-state index is -1.01. The zero-order valence-corrected chi connectivity index (χ0v) is 6.17. The molecule has 0 aromatic carbocycles. The van der Waals surface area contributed by atoms with Crippen LogP contribution in [0.15, 0.2) is 11.1 Å². The minimum absolute atomic E-state index is 0.114. The van der Waals surface area contributed by atoms with E-state index in [1.165, 1.54) is 10.9 Å². The topological polar surface area (TPSA) is 55.1 Å². The number of aromatic carboxylic acids is 1. The molecule has 0 aliphatic heterocycles. The number of rotatable bonds is 1. The summed E-state index contributed by atoms with van der Waals surface area (Å²) in [6, 6.07) is 0. The van der Waals surface area contributed by atoms with Gasteiger partial charge in [-0.3, -0.25) is 4.68 Å². The van der Waals surface area contributed by atoms with E-state index in [0.717, 1.165) is 0 Å². The van der Waals surface area contributed by atoms with Gasteiger partial charge in [-0.2, -0.15) is 5.10 Å². The van der Waals surface area contributed by atoms with Crippen molar-refractivity contribution in [3.8, 4) is 0 Å². The molecule has 0 saturated heterocycles. The minimum Gasteiger partial charge on any atom is -0.476 e. The molecule has 0 saturated carbocycles. The van der Waals surface area contributed by atoms with Gasteiger partial charge in [0.05, 0.1) is 11.1 Å². The second-order valence-electron chi connectivity index (χ2n) is 1.81. The van der Waals surface area contributed by atoms with E-state index >= 15 is 0 Å². The standard InChI is InChI=1S/C5H6N2O2S/c1-7-4(5(8)9)3(10)2-6-7/h2,10H,1H3,(H,8,9). The van der Waals surface area contributed by atoms with Crippen LogP contribution in [-0.4, -0.2) is 20.9 Å². The van der Waals surface area contributed by atoms with Crippen LogP contribution in [0, 0.1) is 0 Å². The maximum absolute atomic E-state index is 10.4. The van der Waals surface area contributed by atoms with Gasteiger partial charge in [-0.1, -0.05) is 0 Å². The van der Waals surface area contributed by atoms with Crippen LogP contribution in [0.25, 0.3) is 0 Å². The second kappa shape index (κ2) is 2.34. The van der Waals surface area contributed by atoms with Gasteiger partial charge >= 0.3 is 5.97 Å². The smallest absolute Gasteiger partial charge is 0.355 e. The fraction of sp³-hybridized carbons (Fsp3) is 0.200. The van der Waals surface area contributed by atoms with Crippen molar-refractivity contribution < 1.29 is 9.90 Å². The van der Waals surface area contributed by atoms with Gasteiger partial charge in [-0.25, -0.2) is 4.79 Å². The number of carbonyl (C=O) groups is 1. The van der Waals surface area contributed by atoms with Crippen LogP contribution in [0.2, 0.25) is 0 Å². The Morgan fingerprint density at radius 3 is 2.70 bits per heavy atom. The van der Waals surface area contributed by atoms with Crippen LogP contribution >= 0.6 is 12.6 Å². The number of aromatic nitrogens is 2. The zero-order chi connectivity index (χ0) is 7.72. The average molecular weight is 158 g/mol. The summed E-state index contributed by atoms with van der Waals surface area (Å²) >= 11 is 3.89. The van der Waals surface area contributed by atoms with Crippen molar-refractivity contribution in [3.05, 3.63) is 11.9 Å². The number of carboxylic acids is 1. The quantitative estimate of drug-likeness (QED) is 0.582. The summed E-state index contributed by atoms with van der Waals surface area (Å²) in [6.45, 7) is 0.